The second-order valence-electron chi connectivity index (χ2n) is 7.44. The first-order chi connectivity index (χ1) is 14.4. The summed E-state index contributed by atoms with van der Waals surface area (Å²) in [4.78, 5) is 15.0. The van der Waals surface area contributed by atoms with E-state index in [1.165, 1.54) is 0 Å². The van der Waals surface area contributed by atoms with E-state index < -0.39 is 5.91 Å². The van der Waals surface area contributed by atoms with Crippen LogP contribution in [0.2, 0.25) is 0 Å². The standard InChI is InChI=1S/C22H23N3O5/c1-12(2)14-5-4-13(3)8-17(14)30-11-20(26)24-25-21-15-9-18-19(29-7-6-28-18)10-16(15)23-22(21)27/h4-5,8-10,12,23,27H,6-7,11H2,1-3H3. The van der Waals surface area contributed by atoms with Crippen LogP contribution < -0.4 is 14.2 Å². The van der Waals surface area contributed by atoms with Crippen molar-refractivity contribution in [1.82, 2.24) is 4.98 Å². The van der Waals surface area contributed by atoms with E-state index in [1.54, 1.807) is 12.1 Å². The summed E-state index contributed by atoms with van der Waals surface area (Å²) in [5.41, 5.74) is 2.83. The number of ether oxygens (including phenoxy) is 3. The van der Waals surface area contributed by atoms with Crippen LogP contribution in [0, 0.1) is 6.92 Å². The van der Waals surface area contributed by atoms with Gasteiger partial charge in [-0.25, -0.2) is 0 Å². The van der Waals surface area contributed by atoms with E-state index in [4.69, 9.17) is 14.2 Å². The van der Waals surface area contributed by atoms with E-state index in [-0.39, 0.29) is 24.1 Å². The molecule has 0 atom stereocenters. The molecule has 4 rings (SSSR count). The molecule has 2 heterocycles. The number of fused-ring (bicyclic) bond motifs is 2. The molecule has 1 aromatic heterocycles. The smallest absolute Gasteiger partial charge is 0.302 e. The number of aromatic amines is 1. The minimum absolute atomic E-state index is 0.161. The van der Waals surface area contributed by atoms with Crippen LogP contribution in [0.1, 0.15) is 30.9 Å². The second kappa shape index (κ2) is 8.06. The Bertz CT molecular complexity index is 1130. The molecule has 0 saturated heterocycles. The van der Waals surface area contributed by atoms with Gasteiger partial charge in [0.1, 0.15) is 19.0 Å². The van der Waals surface area contributed by atoms with Crippen LogP contribution >= 0.6 is 0 Å². The van der Waals surface area contributed by atoms with Crippen molar-refractivity contribution < 1.29 is 24.1 Å². The lowest BCUT2D eigenvalue weighted by atomic mass is 10.0. The van der Waals surface area contributed by atoms with Gasteiger partial charge in [0.25, 0.3) is 0 Å². The van der Waals surface area contributed by atoms with Crippen molar-refractivity contribution in [2.45, 2.75) is 26.7 Å². The molecule has 1 aliphatic rings. The minimum Gasteiger partial charge on any atom is -0.493 e. The maximum atomic E-state index is 12.2. The van der Waals surface area contributed by atoms with Crippen LogP contribution in [0.25, 0.3) is 10.9 Å². The Morgan fingerprint density at radius 1 is 1.20 bits per heavy atom. The number of hydrogen-bond donors (Lipinski definition) is 2. The number of nitrogens with zero attached hydrogens (tertiary/aromatic N) is 2. The summed E-state index contributed by atoms with van der Waals surface area (Å²) >= 11 is 0. The highest BCUT2D eigenvalue weighted by molar-refractivity contribution is 5.96. The van der Waals surface area contributed by atoms with Gasteiger partial charge in [0.15, 0.2) is 23.8 Å². The Labute approximate surface area is 173 Å². The van der Waals surface area contributed by atoms with Gasteiger partial charge < -0.3 is 24.3 Å². The van der Waals surface area contributed by atoms with Gasteiger partial charge in [-0.05, 0) is 36.1 Å². The third-order valence-electron chi connectivity index (χ3n) is 4.82. The number of aromatic nitrogens is 1. The fraction of sp³-hybridized carbons (Fsp3) is 0.318. The van der Waals surface area contributed by atoms with Crippen molar-refractivity contribution >= 4 is 22.5 Å². The normalized spacial score (nSPS) is 13.3. The number of carbonyl (C=O) groups is 1. The Kier molecular flexibility index (Phi) is 5.31. The minimum atomic E-state index is -0.558. The summed E-state index contributed by atoms with van der Waals surface area (Å²) in [5, 5.41) is 18.4. The first-order valence-electron chi connectivity index (χ1n) is 9.74. The Balaban J connectivity index is 1.51. The molecule has 8 nitrogen and oxygen atoms in total. The molecule has 3 aromatic rings. The van der Waals surface area contributed by atoms with Crippen molar-refractivity contribution in [1.29, 1.82) is 0 Å². The van der Waals surface area contributed by atoms with Crippen molar-refractivity contribution in [2.24, 2.45) is 10.2 Å². The molecule has 8 heteroatoms. The molecule has 0 radical (unpaired) electrons. The van der Waals surface area contributed by atoms with Crippen molar-refractivity contribution in [2.75, 3.05) is 19.8 Å². The van der Waals surface area contributed by atoms with Gasteiger partial charge in [-0.15, -0.1) is 10.2 Å². The lowest BCUT2D eigenvalue weighted by Gasteiger charge is -2.18. The highest BCUT2D eigenvalue weighted by atomic mass is 16.6. The van der Waals surface area contributed by atoms with Gasteiger partial charge in [0, 0.05) is 11.5 Å². The van der Waals surface area contributed by atoms with Crippen LogP contribution in [0.15, 0.2) is 40.6 Å². The predicted octanol–water partition coefficient (Wildman–Crippen LogP) is 4.77. The Morgan fingerprint density at radius 3 is 2.67 bits per heavy atom. The maximum absolute atomic E-state index is 12.2. The molecule has 0 fully saturated rings. The van der Waals surface area contributed by atoms with Gasteiger partial charge >= 0.3 is 5.91 Å². The quantitative estimate of drug-likeness (QED) is 0.591. The topological polar surface area (TPSA) is 106 Å². The average Bonchev–Trinajstić information content (AvgIpc) is 3.02. The molecule has 0 aliphatic carbocycles. The molecule has 0 unspecified atom stereocenters. The number of carbonyl (C=O) groups excluding carboxylic acids is 1. The van der Waals surface area contributed by atoms with Crippen LogP contribution in [0.3, 0.4) is 0 Å². The number of H-pyrrole nitrogens is 1. The summed E-state index contributed by atoms with van der Waals surface area (Å²) < 4.78 is 16.8. The molecular formula is C22H23N3O5. The Morgan fingerprint density at radius 2 is 1.93 bits per heavy atom. The fourth-order valence-electron chi connectivity index (χ4n) is 3.32. The molecule has 2 N–H and O–H groups in total. The van der Waals surface area contributed by atoms with Crippen LogP contribution in [0.5, 0.6) is 23.1 Å². The second-order valence-corrected chi connectivity index (χ2v) is 7.44. The third kappa shape index (κ3) is 3.94. The third-order valence-corrected chi connectivity index (χ3v) is 4.82. The Hall–Kier alpha value is -3.55. The summed E-state index contributed by atoms with van der Waals surface area (Å²) in [6.45, 7) is 6.75. The van der Waals surface area contributed by atoms with Crippen LogP contribution in [-0.2, 0) is 4.79 Å². The number of aryl methyl sites for hydroxylation is 1. The molecule has 2 aromatic carbocycles. The fourth-order valence-corrected chi connectivity index (χ4v) is 3.32. The molecule has 1 amide bonds. The number of benzene rings is 2. The predicted molar refractivity (Wildman–Crippen MR) is 111 cm³/mol. The van der Waals surface area contributed by atoms with E-state index in [2.05, 4.69) is 29.1 Å². The summed E-state index contributed by atoms with van der Waals surface area (Å²) in [6, 6.07) is 9.33. The highest BCUT2D eigenvalue weighted by Gasteiger charge is 2.18. The van der Waals surface area contributed by atoms with Crippen LogP contribution in [0.4, 0.5) is 5.69 Å². The summed E-state index contributed by atoms with van der Waals surface area (Å²) in [6.07, 6.45) is 0. The van der Waals surface area contributed by atoms with E-state index in [0.717, 1.165) is 11.1 Å². The first kappa shape index (κ1) is 19.8. The zero-order valence-electron chi connectivity index (χ0n) is 17.1. The van der Waals surface area contributed by atoms with Crippen molar-refractivity contribution in [3.05, 3.63) is 41.5 Å². The van der Waals surface area contributed by atoms with Gasteiger partial charge in [-0.1, -0.05) is 26.0 Å². The van der Waals surface area contributed by atoms with Gasteiger partial charge in [-0.3, -0.25) is 4.79 Å². The van der Waals surface area contributed by atoms with Gasteiger partial charge in [-0.2, -0.15) is 0 Å². The van der Waals surface area contributed by atoms with Crippen molar-refractivity contribution in [3.63, 3.8) is 0 Å². The first-order valence-corrected chi connectivity index (χ1v) is 9.74. The zero-order chi connectivity index (χ0) is 21.3. The van der Waals surface area contributed by atoms with E-state index >= 15 is 0 Å². The van der Waals surface area contributed by atoms with Crippen molar-refractivity contribution in [3.8, 4) is 23.1 Å². The number of rotatable bonds is 5. The van der Waals surface area contributed by atoms with Gasteiger partial charge in [0.2, 0.25) is 5.88 Å². The number of azo groups is 1. The SMILES string of the molecule is Cc1ccc(C(C)C)c(OCC(=O)N=Nc2c(O)[nH]c3cc4c(cc23)OCCO4)c1. The molecule has 1 aliphatic heterocycles. The zero-order valence-corrected chi connectivity index (χ0v) is 17.1. The number of amides is 1. The molecule has 0 bridgehead atoms. The van der Waals surface area contributed by atoms with Crippen LogP contribution in [-0.4, -0.2) is 35.8 Å². The summed E-state index contributed by atoms with van der Waals surface area (Å²) in [5.74, 6) is 1.31. The largest absolute Gasteiger partial charge is 0.493 e. The van der Waals surface area contributed by atoms with E-state index in [9.17, 15) is 9.90 Å². The summed E-state index contributed by atoms with van der Waals surface area (Å²) in [7, 11) is 0. The molecular weight excluding hydrogens is 386 g/mol. The maximum Gasteiger partial charge on any atom is 0.302 e. The molecule has 30 heavy (non-hydrogen) atoms. The molecule has 0 spiro atoms. The number of nitrogens with one attached hydrogen (secondary N) is 1. The lowest BCUT2D eigenvalue weighted by Crippen LogP contribution is -2.15. The van der Waals surface area contributed by atoms with Gasteiger partial charge in [0.05, 0.1) is 5.52 Å². The number of hydrogen-bond acceptors (Lipinski definition) is 6. The van der Waals surface area contributed by atoms with E-state index in [1.807, 2.05) is 25.1 Å². The highest BCUT2D eigenvalue weighted by Crippen LogP contribution is 2.42. The molecule has 0 saturated carbocycles. The average molecular weight is 409 g/mol. The number of aromatic hydroxyl groups is 1. The van der Waals surface area contributed by atoms with E-state index in [0.29, 0.717) is 41.4 Å². The monoisotopic (exact) mass is 409 g/mol. The molecule has 156 valence electrons. The lowest BCUT2D eigenvalue weighted by molar-refractivity contribution is -0.120.